The van der Waals surface area contributed by atoms with E-state index in [9.17, 15) is 0 Å². The summed E-state index contributed by atoms with van der Waals surface area (Å²) in [6.45, 7) is 5.04. The molecule has 42 heavy (non-hydrogen) atoms. The van der Waals surface area contributed by atoms with Gasteiger partial charge in [0.2, 0.25) is 0 Å². The number of rotatable bonds is 5. The Morgan fingerprint density at radius 1 is 0.929 bits per heavy atom. The van der Waals surface area contributed by atoms with E-state index in [2.05, 4.69) is 125 Å². The first kappa shape index (κ1) is 26.2. The van der Waals surface area contributed by atoms with E-state index in [4.69, 9.17) is 0 Å². The van der Waals surface area contributed by atoms with Crippen molar-refractivity contribution in [2.75, 3.05) is 3.11 Å². The van der Waals surface area contributed by atoms with Gasteiger partial charge in [0.05, 0.1) is 0 Å². The molecule has 5 aromatic rings. The molecule has 1 saturated carbocycles. The summed E-state index contributed by atoms with van der Waals surface area (Å²) in [5, 5.41) is 7.84. The summed E-state index contributed by atoms with van der Waals surface area (Å²) in [4.78, 5) is 3.32. The zero-order valence-corrected chi connectivity index (χ0v) is 28.0. The fraction of sp³-hybridized carbons (Fsp3) is 0.316. The van der Waals surface area contributed by atoms with E-state index in [0.717, 1.165) is 5.25 Å². The summed E-state index contributed by atoms with van der Waals surface area (Å²) < 4.78 is 6.05. The molecule has 0 radical (unpaired) electrons. The molecule has 3 aliphatic heterocycles. The van der Waals surface area contributed by atoms with Gasteiger partial charge in [-0.3, -0.25) is 0 Å². The van der Waals surface area contributed by atoms with Gasteiger partial charge < -0.3 is 0 Å². The van der Waals surface area contributed by atoms with Gasteiger partial charge in [0, 0.05) is 0 Å². The minimum atomic E-state index is -0.469. The molecule has 4 bridgehead atoms. The molecular weight excluding hydrogens is 661 g/mol. The van der Waals surface area contributed by atoms with Crippen molar-refractivity contribution in [2.45, 2.75) is 63.7 Å². The second-order valence-electron chi connectivity index (χ2n) is 12.9. The van der Waals surface area contributed by atoms with Gasteiger partial charge in [-0.25, -0.2) is 0 Å². The van der Waals surface area contributed by atoms with Crippen LogP contribution in [0.4, 0.5) is 5.69 Å². The molecule has 4 heterocycles. The molecule has 0 spiro atoms. The first-order chi connectivity index (χ1) is 20.6. The van der Waals surface area contributed by atoms with Crippen molar-refractivity contribution in [1.29, 1.82) is 0 Å². The van der Waals surface area contributed by atoms with Crippen LogP contribution in [0.1, 0.15) is 56.4 Å². The van der Waals surface area contributed by atoms with E-state index in [1.54, 1.807) is 13.4 Å². The maximum atomic E-state index is 2.98. The average Bonchev–Trinajstić information content (AvgIpc) is 3.24. The van der Waals surface area contributed by atoms with E-state index in [0.29, 0.717) is 17.4 Å². The number of hydrogen-bond acceptors (Lipinski definition) is 3. The fourth-order valence-electron chi connectivity index (χ4n) is 8.14. The van der Waals surface area contributed by atoms with Crippen LogP contribution in [-0.4, -0.2) is 11.3 Å². The van der Waals surface area contributed by atoms with Crippen LogP contribution in [0.3, 0.4) is 0 Å². The normalized spacial score (nSPS) is 26.2. The van der Waals surface area contributed by atoms with E-state index < -0.39 is 21.5 Å². The molecule has 1 nitrogen and oxygen atoms in total. The Hall–Kier alpha value is -2.28. The van der Waals surface area contributed by atoms with Crippen LogP contribution in [0.15, 0.2) is 89.4 Å². The van der Waals surface area contributed by atoms with Crippen LogP contribution >= 0.6 is 23.1 Å². The third kappa shape index (κ3) is 3.80. The van der Waals surface area contributed by atoms with Crippen LogP contribution in [0.2, 0.25) is 0 Å². The molecule has 3 aliphatic carbocycles. The molecule has 0 amide bonds. The summed E-state index contributed by atoms with van der Waals surface area (Å²) in [6.07, 6.45) is 12.5. The van der Waals surface area contributed by atoms with Crippen molar-refractivity contribution >= 4 is 66.5 Å². The van der Waals surface area contributed by atoms with Gasteiger partial charge in [0.25, 0.3) is 0 Å². The average molecular weight is 697 g/mol. The number of thioether (sulfide) groups is 1. The van der Waals surface area contributed by atoms with E-state index in [-0.39, 0.29) is 0 Å². The maximum absolute atomic E-state index is 2.98. The minimum absolute atomic E-state index is 0.437. The summed E-state index contributed by atoms with van der Waals surface area (Å²) in [5.74, 6) is 0.695. The fourth-order valence-corrected chi connectivity index (χ4v) is 15.1. The summed E-state index contributed by atoms with van der Waals surface area (Å²) in [5.41, 5.74) is 5.23. The van der Waals surface area contributed by atoms with Crippen LogP contribution in [0.25, 0.3) is 37.7 Å². The number of thiophene rings is 1. The number of aryl methyl sites for hydroxylation is 1. The third-order valence-electron chi connectivity index (χ3n) is 10.6. The summed E-state index contributed by atoms with van der Waals surface area (Å²) >= 11 is 3.89. The SMILES string of the molecule is CC[C@]1(C)C[C@H]2C3=C(SC1CC3)C2N([I-]c1cc2ccccc2c2ccccc12)c1cccc2c3c(sc12)CCC=C3. The molecule has 2 fully saturated rings. The van der Waals surface area contributed by atoms with Crippen molar-refractivity contribution in [3.8, 4) is 0 Å². The van der Waals surface area contributed by atoms with Gasteiger partial charge in [0.1, 0.15) is 0 Å². The molecule has 212 valence electrons. The Balaban J connectivity index is 1.25. The Kier molecular flexibility index (Phi) is 6.14. The molecule has 11 rings (SSSR count). The van der Waals surface area contributed by atoms with Gasteiger partial charge in [-0.15, -0.1) is 0 Å². The number of nitrogens with zero attached hydrogens (tertiary/aromatic N) is 1. The number of halogens is 1. The molecular formula is C38H35INS2-. The van der Waals surface area contributed by atoms with E-state index in [1.165, 1.54) is 81.4 Å². The second kappa shape index (κ2) is 9.87. The summed E-state index contributed by atoms with van der Waals surface area (Å²) in [6, 6.07) is 28.4. The molecule has 6 aliphatic rings. The number of fused-ring (bicyclic) bond motifs is 7. The van der Waals surface area contributed by atoms with Gasteiger partial charge in [-0.05, 0) is 0 Å². The third-order valence-corrected chi connectivity index (χ3v) is 16.8. The molecule has 2 unspecified atom stereocenters. The summed E-state index contributed by atoms with van der Waals surface area (Å²) in [7, 11) is 0. The first-order valence-corrected chi connectivity index (χ1v) is 19.3. The molecule has 4 aromatic carbocycles. The number of hydrogen-bond donors (Lipinski definition) is 0. The van der Waals surface area contributed by atoms with Crippen molar-refractivity contribution in [2.24, 2.45) is 11.3 Å². The van der Waals surface area contributed by atoms with Crippen molar-refractivity contribution in [1.82, 2.24) is 0 Å². The van der Waals surface area contributed by atoms with Crippen molar-refractivity contribution in [3.05, 3.63) is 103 Å². The van der Waals surface area contributed by atoms with Gasteiger partial charge in [0.15, 0.2) is 0 Å². The zero-order chi connectivity index (χ0) is 28.0. The van der Waals surface area contributed by atoms with Crippen LogP contribution in [0, 0.1) is 14.9 Å². The number of anilines is 1. The number of allylic oxidation sites excluding steroid dienone is 1. The molecule has 1 aromatic heterocycles. The standard InChI is InChI=1S/C38H35INS2/c1-3-38(2)22-30-29-19-20-34(38)42-37(29)35(30)40(32-17-10-16-28-27-15-8-9-18-33(27)41-36(28)32)39-31-21-23-11-4-5-12-24(23)25-13-6-7-14-26(25)31/h4-8,10-17,21,30,34-35H,3,9,18-20,22H2,1-2H3/q-1/t30-,34?,35?,38+/m0/s1. The monoisotopic (exact) mass is 696 g/mol. The molecule has 0 N–H and O–H groups in total. The van der Waals surface area contributed by atoms with E-state index in [1.807, 2.05) is 5.57 Å². The van der Waals surface area contributed by atoms with Crippen molar-refractivity contribution in [3.63, 3.8) is 0 Å². The van der Waals surface area contributed by atoms with Crippen LogP contribution in [0.5, 0.6) is 0 Å². The van der Waals surface area contributed by atoms with Crippen LogP contribution < -0.4 is 24.6 Å². The molecule has 1 saturated heterocycles. The van der Waals surface area contributed by atoms with Gasteiger partial charge >= 0.3 is 269 Å². The Bertz CT molecular complexity index is 1970. The number of benzene rings is 4. The van der Waals surface area contributed by atoms with Gasteiger partial charge in [-0.2, -0.15) is 0 Å². The molecule has 4 heteroatoms. The predicted molar refractivity (Wildman–Crippen MR) is 180 cm³/mol. The van der Waals surface area contributed by atoms with Crippen LogP contribution in [-0.2, 0) is 6.42 Å². The second-order valence-corrected chi connectivity index (χ2v) is 17.9. The van der Waals surface area contributed by atoms with Crippen molar-refractivity contribution < 1.29 is 21.5 Å². The topological polar surface area (TPSA) is 3.24 Å². The predicted octanol–water partition coefficient (Wildman–Crippen LogP) is 7.82. The Labute approximate surface area is 267 Å². The molecule has 4 atom stereocenters. The quantitative estimate of drug-likeness (QED) is 0.105. The first-order valence-electron chi connectivity index (χ1n) is 15.6. The van der Waals surface area contributed by atoms with E-state index >= 15 is 0 Å². The Morgan fingerprint density at radius 3 is 2.62 bits per heavy atom. The zero-order valence-electron chi connectivity index (χ0n) is 24.2. The van der Waals surface area contributed by atoms with Gasteiger partial charge in [-0.1, -0.05) is 0 Å². The Morgan fingerprint density at radius 2 is 1.74 bits per heavy atom.